The zero-order chi connectivity index (χ0) is 12.7. The van der Waals surface area contributed by atoms with Crippen LogP contribution in [0.2, 0.25) is 0 Å². The maximum Gasteiger partial charge on any atom is 0.103 e. The molecule has 3 nitrogen and oxygen atoms in total. The summed E-state index contributed by atoms with van der Waals surface area (Å²) < 4.78 is 0. The van der Waals surface area contributed by atoms with Gasteiger partial charge in [-0.2, -0.15) is 5.26 Å². The number of likely N-dealkylation sites (tertiary alicyclic amines) is 1. The summed E-state index contributed by atoms with van der Waals surface area (Å²) >= 11 is 0. The van der Waals surface area contributed by atoms with Crippen molar-refractivity contribution in [2.24, 2.45) is 0 Å². The summed E-state index contributed by atoms with van der Waals surface area (Å²) in [4.78, 5) is 2.58. The first kappa shape index (κ1) is 14.5. The van der Waals surface area contributed by atoms with Gasteiger partial charge in [-0.1, -0.05) is 6.92 Å². The highest BCUT2D eigenvalue weighted by Crippen LogP contribution is 2.18. The molecule has 0 amide bonds. The predicted octanol–water partition coefficient (Wildman–Crippen LogP) is 2.53. The second kappa shape index (κ2) is 6.98. The van der Waals surface area contributed by atoms with E-state index in [1.54, 1.807) is 0 Å². The summed E-state index contributed by atoms with van der Waals surface area (Å²) in [5.41, 5.74) is -0.328. The van der Waals surface area contributed by atoms with Gasteiger partial charge >= 0.3 is 0 Å². The molecule has 0 aromatic heterocycles. The van der Waals surface area contributed by atoms with Crippen LogP contribution in [0.3, 0.4) is 0 Å². The van der Waals surface area contributed by atoms with E-state index in [4.69, 9.17) is 5.26 Å². The first-order valence-corrected chi connectivity index (χ1v) is 7.01. The van der Waals surface area contributed by atoms with Crippen LogP contribution in [-0.2, 0) is 0 Å². The first-order valence-electron chi connectivity index (χ1n) is 7.01. The summed E-state index contributed by atoms with van der Waals surface area (Å²) in [5, 5.41) is 12.4. The number of nitriles is 1. The predicted molar refractivity (Wildman–Crippen MR) is 71.8 cm³/mol. The van der Waals surface area contributed by atoms with Crippen LogP contribution in [-0.4, -0.2) is 36.1 Å². The van der Waals surface area contributed by atoms with Gasteiger partial charge < -0.3 is 4.90 Å². The van der Waals surface area contributed by atoms with Gasteiger partial charge in [0, 0.05) is 6.04 Å². The lowest BCUT2D eigenvalue weighted by atomic mass is 9.96. The number of unbranched alkanes of at least 4 members (excludes halogenated alkanes) is 1. The van der Waals surface area contributed by atoms with Gasteiger partial charge in [0.25, 0.3) is 0 Å². The van der Waals surface area contributed by atoms with Crippen molar-refractivity contribution in [2.45, 2.75) is 64.5 Å². The van der Waals surface area contributed by atoms with Crippen molar-refractivity contribution >= 4 is 0 Å². The maximum absolute atomic E-state index is 9.15. The summed E-state index contributed by atoms with van der Waals surface area (Å²) in [6.07, 6.45) is 6.02. The van der Waals surface area contributed by atoms with E-state index in [1.165, 1.54) is 32.4 Å². The van der Waals surface area contributed by atoms with Crippen LogP contribution in [0, 0.1) is 11.3 Å². The zero-order valence-corrected chi connectivity index (χ0v) is 11.6. The second-order valence-electron chi connectivity index (χ2n) is 5.46. The number of hydrogen-bond acceptors (Lipinski definition) is 3. The lowest BCUT2D eigenvalue weighted by molar-refractivity contribution is 0.258. The van der Waals surface area contributed by atoms with Crippen molar-refractivity contribution in [3.63, 3.8) is 0 Å². The fraction of sp³-hybridized carbons (Fsp3) is 0.929. The minimum atomic E-state index is -0.328. The Kier molecular flexibility index (Phi) is 5.94. The standard InChI is InChI=1S/C14H27N3/c1-4-16-14(3,12-15)9-5-6-10-17-11-7-8-13(17)2/h13,16H,4-11H2,1-3H3. The summed E-state index contributed by atoms with van der Waals surface area (Å²) in [6.45, 7) is 9.73. The fourth-order valence-electron chi connectivity index (χ4n) is 2.69. The van der Waals surface area contributed by atoms with Crippen LogP contribution in [0.15, 0.2) is 0 Å². The van der Waals surface area contributed by atoms with Gasteiger partial charge in [-0.05, 0) is 65.6 Å². The molecule has 1 heterocycles. The lowest BCUT2D eigenvalue weighted by Gasteiger charge is -2.24. The van der Waals surface area contributed by atoms with Crippen molar-refractivity contribution < 1.29 is 0 Å². The molecule has 1 saturated heterocycles. The van der Waals surface area contributed by atoms with Crippen LogP contribution in [0.25, 0.3) is 0 Å². The van der Waals surface area contributed by atoms with E-state index in [2.05, 4.69) is 30.1 Å². The molecule has 3 heteroatoms. The third-order valence-corrected chi connectivity index (χ3v) is 3.88. The Hall–Kier alpha value is -0.590. The molecule has 0 radical (unpaired) electrons. The quantitative estimate of drug-likeness (QED) is 0.692. The number of nitrogens with zero attached hydrogens (tertiary/aromatic N) is 2. The highest BCUT2D eigenvalue weighted by Gasteiger charge is 2.22. The summed E-state index contributed by atoms with van der Waals surface area (Å²) in [5.74, 6) is 0. The minimum absolute atomic E-state index is 0.328. The molecule has 98 valence electrons. The second-order valence-corrected chi connectivity index (χ2v) is 5.46. The zero-order valence-electron chi connectivity index (χ0n) is 11.6. The molecule has 0 aliphatic carbocycles. The van der Waals surface area contributed by atoms with Crippen LogP contribution in [0.1, 0.15) is 52.9 Å². The van der Waals surface area contributed by atoms with Crippen molar-refractivity contribution in [3.8, 4) is 6.07 Å². The Bertz CT molecular complexity index is 259. The molecule has 0 bridgehead atoms. The molecule has 0 aromatic carbocycles. The van der Waals surface area contributed by atoms with Crippen molar-refractivity contribution in [2.75, 3.05) is 19.6 Å². The molecule has 1 fully saturated rings. The van der Waals surface area contributed by atoms with Gasteiger partial charge in [-0.25, -0.2) is 0 Å². The Morgan fingerprint density at radius 2 is 2.24 bits per heavy atom. The van der Waals surface area contributed by atoms with E-state index in [0.29, 0.717) is 0 Å². The normalized spacial score (nSPS) is 24.5. The summed E-state index contributed by atoms with van der Waals surface area (Å²) in [6, 6.07) is 3.16. The van der Waals surface area contributed by atoms with E-state index >= 15 is 0 Å². The smallest absolute Gasteiger partial charge is 0.103 e. The van der Waals surface area contributed by atoms with Gasteiger partial charge in [0.05, 0.1) is 6.07 Å². The third kappa shape index (κ3) is 4.65. The first-order chi connectivity index (χ1) is 8.11. The topological polar surface area (TPSA) is 39.1 Å². The van der Waals surface area contributed by atoms with E-state index in [1.807, 2.05) is 6.92 Å². The van der Waals surface area contributed by atoms with E-state index in [9.17, 15) is 0 Å². The summed E-state index contributed by atoms with van der Waals surface area (Å²) in [7, 11) is 0. The highest BCUT2D eigenvalue weighted by atomic mass is 15.2. The van der Waals surface area contributed by atoms with Gasteiger partial charge in [0.1, 0.15) is 5.54 Å². The average Bonchev–Trinajstić information content (AvgIpc) is 2.71. The van der Waals surface area contributed by atoms with Gasteiger partial charge in [0.2, 0.25) is 0 Å². The van der Waals surface area contributed by atoms with Gasteiger partial charge in [-0.15, -0.1) is 0 Å². The number of rotatable bonds is 7. The molecule has 1 N–H and O–H groups in total. The van der Waals surface area contributed by atoms with Crippen molar-refractivity contribution in [1.29, 1.82) is 5.26 Å². The molecule has 2 atom stereocenters. The fourth-order valence-corrected chi connectivity index (χ4v) is 2.69. The molecule has 2 unspecified atom stereocenters. The van der Waals surface area contributed by atoms with Crippen LogP contribution >= 0.6 is 0 Å². The molecule has 1 aliphatic rings. The Balaban J connectivity index is 2.17. The number of hydrogen-bond donors (Lipinski definition) is 1. The molecule has 17 heavy (non-hydrogen) atoms. The van der Waals surface area contributed by atoms with E-state index in [-0.39, 0.29) is 5.54 Å². The van der Waals surface area contributed by atoms with Crippen LogP contribution in [0.5, 0.6) is 0 Å². The van der Waals surface area contributed by atoms with Crippen LogP contribution < -0.4 is 5.32 Å². The molecule has 1 aliphatic heterocycles. The van der Waals surface area contributed by atoms with Gasteiger partial charge in [-0.3, -0.25) is 5.32 Å². The Labute approximate surface area is 106 Å². The van der Waals surface area contributed by atoms with Gasteiger partial charge in [0.15, 0.2) is 0 Å². The van der Waals surface area contributed by atoms with Crippen LogP contribution in [0.4, 0.5) is 0 Å². The molecule has 1 rings (SSSR count). The Morgan fingerprint density at radius 3 is 2.76 bits per heavy atom. The molecular formula is C14H27N3. The molecule has 0 spiro atoms. The van der Waals surface area contributed by atoms with E-state index in [0.717, 1.165) is 25.4 Å². The van der Waals surface area contributed by atoms with Crippen molar-refractivity contribution in [1.82, 2.24) is 10.2 Å². The minimum Gasteiger partial charge on any atom is -0.301 e. The molecular weight excluding hydrogens is 210 g/mol. The van der Waals surface area contributed by atoms with Crippen molar-refractivity contribution in [3.05, 3.63) is 0 Å². The number of nitrogens with one attached hydrogen (secondary N) is 1. The average molecular weight is 237 g/mol. The molecule has 0 saturated carbocycles. The molecule has 0 aromatic rings. The largest absolute Gasteiger partial charge is 0.301 e. The third-order valence-electron chi connectivity index (χ3n) is 3.88. The highest BCUT2D eigenvalue weighted by molar-refractivity contribution is 5.03. The maximum atomic E-state index is 9.15. The lowest BCUT2D eigenvalue weighted by Crippen LogP contribution is -2.40. The SMILES string of the molecule is CCNC(C)(C#N)CCCCN1CCCC1C. The van der Waals surface area contributed by atoms with E-state index < -0.39 is 0 Å². The Morgan fingerprint density at radius 1 is 1.47 bits per heavy atom. The monoisotopic (exact) mass is 237 g/mol.